The Morgan fingerprint density at radius 2 is 1.62 bits per heavy atom. The largest absolute Gasteiger partial charge is 0.480 e. The van der Waals surface area contributed by atoms with Crippen LogP contribution in [0.1, 0.15) is 69.6 Å². The van der Waals surface area contributed by atoms with E-state index in [2.05, 4.69) is 43.3 Å². The number of aryl methyl sites for hydroxylation is 1. The van der Waals surface area contributed by atoms with Crippen LogP contribution in [0, 0.1) is 0 Å². The molecule has 1 saturated heterocycles. The number of amides is 1. The second kappa shape index (κ2) is 13.3. The number of carbonyl (C=O) groups excluding carboxylic acids is 1. The molecule has 0 aromatic heterocycles. The van der Waals surface area contributed by atoms with Gasteiger partial charge in [0.05, 0.1) is 0 Å². The molecular weight excluding hydrogens is 428 g/mol. The van der Waals surface area contributed by atoms with Crippen molar-refractivity contribution >= 4 is 11.9 Å². The van der Waals surface area contributed by atoms with E-state index in [4.69, 9.17) is 15.6 Å². The molecule has 0 aliphatic carbocycles. The second-order valence-electron chi connectivity index (χ2n) is 9.89. The minimum atomic E-state index is -1.06. The van der Waals surface area contributed by atoms with Crippen LogP contribution >= 0.6 is 0 Å². The fraction of sp³-hybridized carbons (Fsp3) is 0.500. The van der Waals surface area contributed by atoms with Crippen LogP contribution in [-0.4, -0.2) is 53.2 Å². The average Bonchev–Trinajstić information content (AvgIpc) is 2.79. The van der Waals surface area contributed by atoms with Crippen molar-refractivity contribution in [3.8, 4) is 0 Å². The fourth-order valence-corrected chi connectivity index (χ4v) is 4.18. The number of carboxylic acids is 1. The summed E-state index contributed by atoms with van der Waals surface area (Å²) in [5.74, 6) is -1.13. The Bertz CT molecular complexity index is 885. The van der Waals surface area contributed by atoms with Crippen molar-refractivity contribution in [1.82, 2.24) is 4.90 Å². The van der Waals surface area contributed by atoms with Crippen LogP contribution in [0.5, 0.6) is 0 Å². The van der Waals surface area contributed by atoms with Gasteiger partial charge in [0.25, 0.3) is 0 Å². The molecule has 0 radical (unpaired) electrons. The third-order valence-corrected chi connectivity index (χ3v) is 5.61. The molecule has 0 spiro atoms. The van der Waals surface area contributed by atoms with Crippen molar-refractivity contribution < 1.29 is 19.4 Å². The number of nitrogens with zero attached hydrogens (tertiary/aromatic N) is 1. The van der Waals surface area contributed by atoms with E-state index in [-0.39, 0.29) is 30.0 Å². The van der Waals surface area contributed by atoms with Gasteiger partial charge >= 0.3 is 5.97 Å². The van der Waals surface area contributed by atoms with Crippen molar-refractivity contribution in [2.45, 2.75) is 70.9 Å². The van der Waals surface area contributed by atoms with Gasteiger partial charge in [-0.05, 0) is 63.1 Å². The number of aliphatic carboxylic acids is 1. The monoisotopic (exact) mass is 468 g/mol. The molecule has 6 heteroatoms. The zero-order valence-electron chi connectivity index (χ0n) is 21.0. The van der Waals surface area contributed by atoms with Crippen LogP contribution in [0.15, 0.2) is 54.6 Å². The van der Waals surface area contributed by atoms with Gasteiger partial charge in [-0.25, -0.2) is 4.79 Å². The van der Waals surface area contributed by atoms with Crippen molar-refractivity contribution in [1.29, 1.82) is 0 Å². The Labute approximate surface area is 204 Å². The van der Waals surface area contributed by atoms with Crippen molar-refractivity contribution in [2.24, 2.45) is 5.73 Å². The van der Waals surface area contributed by atoms with Crippen LogP contribution in [0.2, 0.25) is 0 Å². The van der Waals surface area contributed by atoms with Gasteiger partial charge in [-0.1, -0.05) is 61.5 Å². The minimum absolute atomic E-state index is 0. The maximum atomic E-state index is 12.9. The molecule has 1 amide bonds. The van der Waals surface area contributed by atoms with E-state index in [1.807, 2.05) is 43.9 Å². The number of piperidine rings is 1. The first-order valence-corrected chi connectivity index (χ1v) is 12.1. The number of carboxylic acid groups (broad SMARTS) is 1. The van der Waals surface area contributed by atoms with Crippen LogP contribution in [0.3, 0.4) is 0 Å². The summed E-state index contributed by atoms with van der Waals surface area (Å²) in [6.45, 7) is 8.07. The molecule has 34 heavy (non-hydrogen) atoms. The maximum absolute atomic E-state index is 12.9. The third kappa shape index (κ3) is 9.27. The van der Waals surface area contributed by atoms with Crippen LogP contribution in [-0.2, 0) is 20.7 Å². The molecular formula is C28H40N2O4. The fourth-order valence-electron chi connectivity index (χ4n) is 4.18. The minimum Gasteiger partial charge on any atom is -0.480 e. The van der Waals surface area contributed by atoms with Gasteiger partial charge in [-0.2, -0.15) is 0 Å². The normalized spacial score (nSPS) is 16.9. The number of hydrogen-bond acceptors (Lipinski definition) is 4. The summed E-state index contributed by atoms with van der Waals surface area (Å²) in [5, 5.41) is 8.77. The van der Waals surface area contributed by atoms with E-state index in [1.165, 1.54) is 16.7 Å². The summed E-state index contributed by atoms with van der Waals surface area (Å²) in [6, 6.07) is 19.0. The highest BCUT2D eigenvalue weighted by Gasteiger charge is 2.34. The molecule has 2 aromatic carbocycles. The molecule has 2 aromatic rings. The highest BCUT2D eigenvalue weighted by Crippen LogP contribution is 2.36. The molecule has 0 saturated carbocycles. The van der Waals surface area contributed by atoms with Crippen molar-refractivity contribution in [2.75, 3.05) is 19.8 Å². The Hall–Kier alpha value is -2.70. The van der Waals surface area contributed by atoms with Gasteiger partial charge in [0, 0.05) is 24.0 Å². The average molecular weight is 469 g/mol. The van der Waals surface area contributed by atoms with Gasteiger partial charge < -0.3 is 20.5 Å². The van der Waals surface area contributed by atoms with E-state index in [9.17, 15) is 9.59 Å². The predicted molar refractivity (Wildman–Crippen MR) is 136 cm³/mol. The molecule has 1 fully saturated rings. The molecule has 2 atom stereocenters. The molecule has 1 heterocycles. The predicted octanol–water partition coefficient (Wildman–Crippen LogP) is 4.61. The quantitative estimate of drug-likeness (QED) is 0.590. The van der Waals surface area contributed by atoms with Gasteiger partial charge in [0.15, 0.2) is 0 Å². The summed E-state index contributed by atoms with van der Waals surface area (Å²) < 4.78 is 5.09. The van der Waals surface area contributed by atoms with E-state index < -0.39 is 12.6 Å². The van der Waals surface area contributed by atoms with Gasteiger partial charge in [-0.3, -0.25) is 4.79 Å². The molecule has 3 N–H and O–H groups in total. The lowest BCUT2D eigenvalue weighted by atomic mass is 9.80. The molecule has 0 bridgehead atoms. The third-order valence-electron chi connectivity index (χ3n) is 5.61. The number of rotatable bonds is 8. The first-order chi connectivity index (χ1) is 16.1. The molecule has 6 nitrogen and oxygen atoms in total. The topological polar surface area (TPSA) is 92.9 Å². The van der Waals surface area contributed by atoms with Crippen LogP contribution in [0.4, 0.5) is 0 Å². The summed E-state index contributed by atoms with van der Waals surface area (Å²) in [7, 11) is 0. The van der Waals surface area contributed by atoms with E-state index >= 15 is 0 Å². The highest BCUT2D eigenvalue weighted by molar-refractivity contribution is 5.78. The molecule has 186 valence electrons. The zero-order chi connectivity index (χ0) is 25.1. The van der Waals surface area contributed by atoms with Crippen molar-refractivity contribution in [3.63, 3.8) is 0 Å². The number of likely N-dealkylation sites (tertiary alicyclic amines) is 1. The molecule has 2 unspecified atom stereocenters. The first-order valence-electron chi connectivity index (χ1n) is 12.1. The number of hydrogen-bond donors (Lipinski definition) is 2. The lowest BCUT2D eigenvalue weighted by Gasteiger charge is -2.41. The number of ether oxygens (including phenoxy) is 1. The number of nitrogens with two attached hydrogens (primary N) is 1. The smallest absolute Gasteiger partial charge is 0.329 e. The summed E-state index contributed by atoms with van der Waals surface area (Å²) in [6.07, 6.45) is 3.93. The van der Waals surface area contributed by atoms with Gasteiger partial charge in [0.1, 0.15) is 13.2 Å². The number of carbonyl (C=O) groups is 2. The van der Waals surface area contributed by atoms with Gasteiger partial charge in [-0.15, -0.1) is 0 Å². The van der Waals surface area contributed by atoms with E-state index in [0.717, 1.165) is 25.7 Å². The lowest BCUT2D eigenvalue weighted by molar-refractivity contribution is -0.147. The second-order valence-corrected chi connectivity index (χ2v) is 9.89. The van der Waals surface area contributed by atoms with E-state index in [0.29, 0.717) is 6.54 Å². The van der Waals surface area contributed by atoms with Crippen LogP contribution < -0.4 is 5.73 Å². The van der Waals surface area contributed by atoms with Crippen LogP contribution in [0.25, 0.3) is 0 Å². The van der Waals surface area contributed by atoms with Gasteiger partial charge in [0.2, 0.25) is 5.91 Å². The Kier molecular flexibility index (Phi) is 10.7. The lowest BCUT2D eigenvalue weighted by Crippen LogP contribution is -2.48. The first kappa shape index (κ1) is 27.5. The maximum Gasteiger partial charge on any atom is 0.329 e. The Morgan fingerprint density at radius 1 is 1.03 bits per heavy atom. The summed E-state index contributed by atoms with van der Waals surface area (Å²) in [5.41, 5.74) is 9.03. The SMILES string of the molecule is CC(C)(C)N.CCc1ccc(C(c2ccccc2)C2CCCCN2C(=O)COCC(=O)O)cc1. The summed E-state index contributed by atoms with van der Waals surface area (Å²) in [4.78, 5) is 25.5. The summed E-state index contributed by atoms with van der Waals surface area (Å²) >= 11 is 0. The standard InChI is InChI=1S/C24H29NO4.C4H11N/c1-2-18-11-13-20(14-12-18)24(19-8-4-3-5-9-19)21-10-6-7-15-25(21)22(26)16-29-17-23(27)28;1-4(2,3)5/h3-5,8-9,11-14,21,24H,2,6-7,10,15-17H2,1H3,(H,27,28);5H2,1-3H3. The Balaban J connectivity index is 0.000000739. The van der Waals surface area contributed by atoms with E-state index in [1.54, 1.807) is 0 Å². The Morgan fingerprint density at radius 3 is 2.18 bits per heavy atom. The highest BCUT2D eigenvalue weighted by atomic mass is 16.5. The number of benzene rings is 2. The molecule has 3 rings (SSSR count). The zero-order valence-corrected chi connectivity index (χ0v) is 21.0. The van der Waals surface area contributed by atoms with Crippen molar-refractivity contribution in [3.05, 3.63) is 71.3 Å². The molecule has 1 aliphatic heterocycles. The molecule has 1 aliphatic rings.